The molecule has 0 N–H and O–H groups in total. The van der Waals surface area contributed by atoms with Crippen LogP contribution >= 0.6 is 0 Å². The van der Waals surface area contributed by atoms with Gasteiger partial charge in [0.1, 0.15) is 0 Å². The molecule has 1 unspecified atom stereocenters. The third kappa shape index (κ3) is 5.79. The molecular weight excluding hydrogens is 128 g/mol. The van der Waals surface area contributed by atoms with Crippen molar-refractivity contribution < 1.29 is 4.74 Å². The average Bonchev–Trinajstić information content (AvgIpc) is 1.62. The molecule has 1 nitrogen and oxygen atoms in total. The van der Waals surface area contributed by atoms with Crippen LogP contribution in [0.25, 0.3) is 0 Å². The van der Waals surface area contributed by atoms with Crippen molar-refractivity contribution in [1.29, 1.82) is 0 Å². The Morgan fingerprint density at radius 2 is 2.00 bits per heavy atom. The highest BCUT2D eigenvalue weighted by Gasteiger charge is 2.11. The highest BCUT2D eigenvalue weighted by Crippen LogP contribution is 2.08. The summed E-state index contributed by atoms with van der Waals surface area (Å²) in [5.74, 6) is 0. The third-order valence-electron chi connectivity index (χ3n) is 0.871. The van der Waals surface area contributed by atoms with Crippen LogP contribution in [0.15, 0.2) is 12.7 Å². The van der Waals surface area contributed by atoms with Crippen molar-refractivity contribution in [3.05, 3.63) is 12.7 Å². The Bertz CT molecular complexity index is 93.6. The van der Waals surface area contributed by atoms with Crippen LogP contribution in [0.1, 0.15) is 20.8 Å². The smallest absolute Gasteiger partial charge is 0.0601 e. The zero-order valence-electron chi connectivity index (χ0n) is 6.77. The van der Waals surface area contributed by atoms with Gasteiger partial charge in [-0.3, -0.25) is 0 Å². The van der Waals surface area contributed by atoms with Gasteiger partial charge in [0, 0.05) is 10.2 Å². The minimum absolute atomic E-state index is 0.0133. The van der Waals surface area contributed by atoms with Gasteiger partial charge < -0.3 is 4.74 Å². The number of hydrogen-bond acceptors (Lipinski definition) is 1. The van der Waals surface area contributed by atoms with Gasteiger partial charge in [-0.05, 0) is 20.8 Å². The summed E-state index contributed by atoms with van der Waals surface area (Å²) in [5.41, 5.74) is 0.283. The van der Waals surface area contributed by atoms with Gasteiger partial charge in [-0.2, -0.15) is 0 Å². The van der Waals surface area contributed by atoms with Crippen LogP contribution < -0.4 is 0 Å². The Kier molecular flexibility index (Phi) is 3.15. The molecule has 0 aromatic rings. The van der Waals surface area contributed by atoms with Crippen molar-refractivity contribution in [3.8, 4) is 0 Å². The van der Waals surface area contributed by atoms with Crippen LogP contribution in [-0.2, 0) is 4.74 Å². The lowest BCUT2D eigenvalue weighted by molar-refractivity contribution is -0.00414. The van der Waals surface area contributed by atoms with Gasteiger partial charge in [0.15, 0.2) is 0 Å². The molecule has 0 fully saturated rings. The van der Waals surface area contributed by atoms with Gasteiger partial charge in [-0.15, -0.1) is 6.58 Å². The molecule has 0 aliphatic carbocycles. The largest absolute Gasteiger partial charge is 0.373 e. The average molecular weight is 144 g/mol. The lowest BCUT2D eigenvalue weighted by Crippen LogP contribution is -2.25. The van der Waals surface area contributed by atoms with Crippen molar-refractivity contribution >= 4 is 10.2 Å². The number of ether oxygens (including phenoxy) is 1. The first-order valence-corrected chi connectivity index (χ1v) is 4.41. The molecule has 0 aliphatic rings. The van der Waals surface area contributed by atoms with E-state index in [4.69, 9.17) is 4.74 Å². The zero-order valence-corrected chi connectivity index (χ0v) is 8.77. The van der Waals surface area contributed by atoms with Crippen molar-refractivity contribution in [3.63, 3.8) is 0 Å². The SMILES string of the molecule is C=CC([SiH3])OC(C)(C)C. The van der Waals surface area contributed by atoms with E-state index >= 15 is 0 Å². The fraction of sp³-hybridized carbons (Fsp3) is 0.714. The lowest BCUT2D eigenvalue weighted by atomic mass is 10.2. The predicted molar refractivity (Wildman–Crippen MR) is 44.8 cm³/mol. The van der Waals surface area contributed by atoms with Crippen molar-refractivity contribution in [2.24, 2.45) is 0 Å². The normalized spacial score (nSPS) is 15.4. The van der Waals surface area contributed by atoms with E-state index in [-0.39, 0.29) is 5.60 Å². The molecule has 0 saturated heterocycles. The Hall–Kier alpha value is -0.0831. The molecule has 0 rings (SSSR count). The van der Waals surface area contributed by atoms with Gasteiger partial charge in [-0.1, -0.05) is 6.08 Å². The maximum atomic E-state index is 5.53. The number of rotatable bonds is 2. The van der Waals surface area contributed by atoms with Gasteiger partial charge in [0.2, 0.25) is 0 Å². The van der Waals surface area contributed by atoms with E-state index in [1.54, 1.807) is 0 Å². The van der Waals surface area contributed by atoms with Crippen LogP contribution in [0, 0.1) is 0 Å². The van der Waals surface area contributed by atoms with Crippen LogP contribution in [-0.4, -0.2) is 21.6 Å². The summed E-state index contributed by atoms with van der Waals surface area (Å²) in [6, 6.07) is 0. The summed E-state index contributed by atoms with van der Waals surface area (Å²) in [4.78, 5) is 0. The highest BCUT2D eigenvalue weighted by atomic mass is 28.1. The quantitative estimate of drug-likeness (QED) is 0.409. The summed E-state index contributed by atoms with van der Waals surface area (Å²) in [5, 5.41) is 0. The second kappa shape index (κ2) is 3.18. The van der Waals surface area contributed by atoms with Crippen molar-refractivity contribution in [2.75, 3.05) is 0 Å². The van der Waals surface area contributed by atoms with E-state index in [0.29, 0.717) is 5.73 Å². The van der Waals surface area contributed by atoms with Crippen molar-refractivity contribution in [2.45, 2.75) is 32.1 Å². The fourth-order valence-corrected chi connectivity index (χ4v) is 1.31. The molecule has 0 amide bonds. The third-order valence-corrected chi connectivity index (χ3v) is 1.58. The molecule has 0 aromatic carbocycles. The summed E-state index contributed by atoms with van der Waals surface area (Å²) >= 11 is 0. The first-order chi connectivity index (χ1) is 3.95. The van der Waals surface area contributed by atoms with Crippen LogP contribution in [0.5, 0.6) is 0 Å². The zero-order chi connectivity index (χ0) is 7.49. The predicted octanol–water partition coefficient (Wildman–Crippen LogP) is 0.679. The molecule has 0 aromatic heterocycles. The standard InChI is InChI=1S/C7H16OSi/c1-5-6(9)8-7(2,3)4/h5-6H,1H2,2-4,9H3. The molecule has 0 spiro atoms. The number of hydrogen-bond donors (Lipinski definition) is 0. The fourth-order valence-electron chi connectivity index (χ4n) is 0.606. The maximum Gasteiger partial charge on any atom is 0.0601 e. The molecular formula is C7H16OSi. The molecule has 0 radical (unpaired) electrons. The van der Waals surface area contributed by atoms with E-state index in [1.807, 2.05) is 6.08 Å². The van der Waals surface area contributed by atoms with E-state index in [2.05, 4.69) is 27.4 Å². The first kappa shape index (κ1) is 8.92. The van der Waals surface area contributed by atoms with Gasteiger partial charge >= 0.3 is 0 Å². The molecule has 0 bridgehead atoms. The monoisotopic (exact) mass is 144 g/mol. The molecule has 0 heterocycles. The van der Waals surface area contributed by atoms with E-state index in [1.165, 1.54) is 0 Å². The topological polar surface area (TPSA) is 9.23 Å². The minimum atomic E-state index is -0.0133. The Morgan fingerprint density at radius 3 is 2.11 bits per heavy atom. The minimum Gasteiger partial charge on any atom is -0.373 e. The van der Waals surface area contributed by atoms with E-state index < -0.39 is 0 Å². The molecule has 9 heavy (non-hydrogen) atoms. The van der Waals surface area contributed by atoms with Crippen LogP contribution in [0.2, 0.25) is 0 Å². The summed E-state index contributed by atoms with van der Waals surface area (Å²) in [6.45, 7) is 9.83. The van der Waals surface area contributed by atoms with E-state index in [9.17, 15) is 0 Å². The van der Waals surface area contributed by atoms with Crippen molar-refractivity contribution in [1.82, 2.24) is 0 Å². The maximum absolute atomic E-state index is 5.53. The summed E-state index contributed by atoms with van der Waals surface area (Å²) in [6.07, 6.45) is 1.86. The molecule has 0 aliphatic heterocycles. The van der Waals surface area contributed by atoms with Gasteiger partial charge in [-0.25, -0.2) is 0 Å². The van der Waals surface area contributed by atoms with E-state index in [0.717, 1.165) is 10.2 Å². The Labute approximate surface area is 60.5 Å². The van der Waals surface area contributed by atoms with Crippen LogP contribution in [0.3, 0.4) is 0 Å². The molecule has 0 saturated carbocycles. The lowest BCUT2D eigenvalue weighted by Gasteiger charge is -2.22. The summed E-state index contributed by atoms with van der Waals surface area (Å²) < 4.78 is 5.53. The first-order valence-electron chi connectivity index (χ1n) is 3.26. The summed E-state index contributed by atoms with van der Waals surface area (Å²) in [7, 11) is 1.03. The van der Waals surface area contributed by atoms with Gasteiger partial charge in [0.05, 0.1) is 11.3 Å². The molecule has 54 valence electrons. The van der Waals surface area contributed by atoms with Gasteiger partial charge in [0.25, 0.3) is 0 Å². The molecule has 1 atom stereocenters. The second-order valence-corrected chi connectivity index (χ2v) is 4.31. The second-order valence-electron chi connectivity index (χ2n) is 3.17. The molecule has 2 heteroatoms. The Morgan fingerprint density at radius 1 is 1.56 bits per heavy atom. The Balaban J connectivity index is 3.59. The highest BCUT2D eigenvalue weighted by molar-refractivity contribution is 6.12. The van der Waals surface area contributed by atoms with Crippen LogP contribution in [0.4, 0.5) is 0 Å².